The standard InChI is InChI=1S/C12H25NO2/c1-4-6-7-10(5-2)8-9-12(3,13)11(14)15/h10H,4-9,13H2,1-3H3,(H,14,15). The van der Waals surface area contributed by atoms with E-state index in [4.69, 9.17) is 10.8 Å². The molecule has 3 heteroatoms. The first kappa shape index (κ1) is 14.4. The highest BCUT2D eigenvalue weighted by Crippen LogP contribution is 2.22. The number of nitrogens with two attached hydrogens (primary N) is 1. The van der Waals surface area contributed by atoms with Crippen molar-refractivity contribution < 1.29 is 9.90 Å². The predicted molar refractivity (Wildman–Crippen MR) is 62.8 cm³/mol. The number of carboxylic acids is 1. The summed E-state index contributed by atoms with van der Waals surface area (Å²) in [5, 5.41) is 8.88. The van der Waals surface area contributed by atoms with Crippen LogP contribution in [0.5, 0.6) is 0 Å². The number of hydrogen-bond donors (Lipinski definition) is 2. The van der Waals surface area contributed by atoms with Crippen LogP contribution in [-0.2, 0) is 4.79 Å². The molecule has 0 aromatic rings. The van der Waals surface area contributed by atoms with E-state index >= 15 is 0 Å². The lowest BCUT2D eigenvalue weighted by molar-refractivity contribution is -0.143. The smallest absolute Gasteiger partial charge is 0.323 e. The monoisotopic (exact) mass is 215 g/mol. The molecule has 0 aromatic carbocycles. The Labute approximate surface area is 93.0 Å². The van der Waals surface area contributed by atoms with Crippen molar-refractivity contribution in [2.75, 3.05) is 0 Å². The molecule has 0 amide bonds. The highest BCUT2D eigenvalue weighted by Gasteiger charge is 2.28. The van der Waals surface area contributed by atoms with Gasteiger partial charge in [-0.1, -0.05) is 39.5 Å². The van der Waals surface area contributed by atoms with E-state index in [1.807, 2.05) is 0 Å². The first-order chi connectivity index (χ1) is 6.94. The molecular formula is C12H25NO2. The van der Waals surface area contributed by atoms with Gasteiger partial charge in [-0.2, -0.15) is 0 Å². The van der Waals surface area contributed by atoms with Crippen LogP contribution < -0.4 is 5.73 Å². The quantitative estimate of drug-likeness (QED) is 0.654. The van der Waals surface area contributed by atoms with E-state index in [2.05, 4.69) is 13.8 Å². The van der Waals surface area contributed by atoms with Crippen LogP contribution in [-0.4, -0.2) is 16.6 Å². The predicted octanol–water partition coefficient (Wildman–Crippen LogP) is 2.79. The molecule has 2 unspecified atom stereocenters. The summed E-state index contributed by atoms with van der Waals surface area (Å²) in [7, 11) is 0. The third kappa shape index (κ3) is 5.78. The Morgan fingerprint density at radius 2 is 2.00 bits per heavy atom. The second kappa shape index (κ2) is 6.83. The average Bonchev–Trinajstić information content (AvgIpc) is 2.18. The first-order valence-corrected chi connectivity index (χ1v) is 5.96. The molecule has 0 aliphatic carbocycles. The van der Waals surface area contributed by atoms with Gasteiger partial charge < -0.3 is 10.8 Å². The fourth-order valence-electron chi connectivity index (χ4n) is 1.66. The summed E-state index contributed by atoms with van der Waals surface area (Å²) in [5.41, 5.74) is 4.64. The maximum Gasteiger partial charge on any atom is 0.323 e. The van der Waals surface area contributed by atoms with Gasteiger partial charge in [0.25, 0.3) is 0 Å². The van der Waals surface area contributed by atoms with Gasteiger partial charge in [-0.15, -0.1) is 0 Å². The van der Waals surface area contributed by atoms with Gasteiger partial charge in [-0.3, -0.25) is 4.79 Å². The molecule has 15 heavy (non-hydrogen) atoms. The molecule has 90 valence electrons. The summed E-state index contributed by atoms with van der Waals surface area (Å²) in [6.45, 7) is 5.94. The van der Waals surface area contributed by atoms with Crippen molar-refractivity contribution in [2.45, 2.75) is 64.8 Å². The number of rotatable bonds is 8. The van der Waals surface area contributed by atoms with Gasteiger partial charge in [0.15, 0.2) is 0 Å². The largest absolute Gasteiger partial charge is 0.480 e. The van der Waals surface area contributed by atoms with Gasteiger partial charge in [0.2, 0.25) is 0 Å². The highest BCUT2D eigenvalue weighted by molar-refractivity contribution is 5.77. The Bertz CT molecular complexity index is 190. The maximum absolute atomic E-state index is 10.8. The molecule has 0 bridgehead atoms. The fraction of sp³-hybridized carbons (Fsp3) is 0.917. The van der Waals surface area contributed by atoms with Crippen LogP contribution in [0.3, 0.4) is 0 Å². The molecule has 0 aliphatic rings. The van der Waals surface area contributed by atoms with Crippen LogP contribution >= 0.6 is 0 Å². The Kier molecular flexibility index (Phi) is 6.57. The first-order valence-electron chi connectivity index (χ1n) is 5.96. The molecule has 0 spiro atoms. The van der Waals surface area contributed by atoms with E-state index in [0.717, 1.165) is 12.8 Å². The summed E-state index contributed by atoms with van der Waals surface area (Å²) in [6.07, 6.45) is 6.25. The van der Waals surface area contributed by atoms with Gasteiger partial charge in [0, 0.05) is 0 Å². The molecule has 0 aliphatic heterocycles. The van der Waals surface area contributed by atoms with E-state index in [0.29, 0.717) is 12.3 Å². The lowest BCUT2D eigenvalue weighted by Crippen LogP contribution is -2.45. The Morgan fingerprint density at radius 3 is 2.40 bits per heavy atom. The summed E-state index contributed by atoms with van der Waals surface area (Å²) >= 11 is 0. The highest BCUT2D eigenvalue weighted by atomic mass is 16.4. The Hall–Kier alpha value is -0.570. The van der Waals surface area contributed by atoms with Crippen molar-refractivity contribution in [1.29, 1.82) is 0 Å². The number of unbranched alkanes of at least 4 members (excludes halogenated alkanes) is 1. The van der Waals surface area contributed by atoms with E-state index in [1.165, 1.54) is 19.3 Å². The Morgan fingerprint density at radius 1 is 1.40 bits per heavy atom. The van der Waals surface area contributed by atoms with E-state index in [-0.39, 0.29) is 0 Å². The minimum Gasteiger partial charge on any atom is -0.480 e. The minimum absolute atomic E-state index is 0.574. The van der Waals surface area contributed by atoms with E-state index in [9.17, 15) is 4.79 Å². The molecule has 0 fully saturated rings. The third-order valence-electron chi connectivity index (χ3n) is 3.10. The zero-order chi connectivity index (χ0) is 11.9. The van der Waals surface area contributed by atoms with Gasteiger partial charge in [-0.05, 0) is 25.7 Å². The van der Waals surface area contributed by atoms with Crippen LogP contribution in [0.15, 0.2) is 0 Å². The summed E-state index contributed by atoms with van der Waals surface area (Å²) in [5.74, 6) is -0.264. The second-order valence-electron chi connectivity index (χ2n) is 4.68. The van der Waals surface area contributed by atoms with Gasteiger partial charge in [-0.25, -0.2) is 0 Å². The van der Waals surface area contributed by atoms with Crippen molar-refractivity contribution in [2.24, 2.45) is 11.7 Å². The third-order valence-corrected chi connectivity index (χ3v) is 3.10. The van der Waals surface area contributed by atoms with Gasteiger partial charge in [0.05, 0.1) is 0 Å². The molecule has 3 N–H and O–H groups in total. The van der Waals surface area contributed by atoms with Crippen molar-refractivity contribution in [3.63, 3.8) is 0 Å². The molecule has 0 heterocycles. The zero-order valence-corrected chi connectivity index (χ0v) is 10.3. The SMILES string of the molecule is CCCCC(CC)CCC(C)(N)C(=O)O. The van der Waals surface area contributed by atoms with Crippen LogP contribution in [0.1, 0.15) is 59.3 Å². The van der Waals surface area contributed by atoms with Gasteiger partial charge >= 0.3 is 5.97 Å². The molecule has 0 saturated heterocycles. The van der Waals surface area contributed by atoms with E-state index < -0.39 is 11.5 Å². The summed E-state index contributed by atoms with van der Waals surface area (Å²) < 4.78 is 0. The number of carbonyl (C=O) groups is 1. The zero-order valence-electron chi connectivity index (χ0n) is 10.3. The van der Waals surface area contributed by atoms with E-state index in [1.54, 1.807) is 6.92 Å². The number of carboxylic acid groups (broad SMARTS) is 1. The Balaban J connectivity index is 3.94. The van der Waals surface area contributed by atoms with Crippen molar-refractivity contribution in [1.82, 2.24) is 0 Å². The molecule has 2 atom stereocenters. The molecule has 3 nitrogen and oxygen atoms in total. The fourth-order valence-corrected chi connectivity index (χ4v) is 1.66. The van der Waals surface area contributed by atoms with Crippen molar-refractivity contribution >= 4 is 5.97 Å². The van der Waals surface area contributed by atoms with Crippen LogP contribution in [0.2, 0.25) is 0 Å². The minimum atomic E-state index is -1.06. The van der Waals surface area contributed by atoms with Crippen molar-refractivity contribution in [3.05, 3.63) is 0 Å². The molecule has 0 rings (SSSR count). The lowest BCUT2D eigenvalue weighted by atomic mass is 9.88. The van der Waals surface area contributed by atoms with Crippen LogP contribution in [0.25, 0.3) is 0 Å². The number of hydrogen-bond acceptors (Lipinski definition) is 2. The normalized spacial score (nSPS) is 17.1. The second-order valence-corrected chi connectivity index (χ2v) is 4.68. The average molecular weight is 215 g/mol. The topological polar surface area (TPSA) is 63.3 Å². The van der Waals surface area contributed by atoms with Crippen LogP contribution in [0.4, 0.5) is 0 Å². The summed E-state index contributed by atoms with van der Waals surface area (Å²) in [6, 6.07) is 0. The van der Waals surface area contributed by atoms with Crippen molar-refractivity contribution in [3.8, 4) is 0 Å². The molecule has 0 saturated carbocycles. The molecule has 0 radical (unpaired) electrons. The maximum atomic E-state index is 10.8. The molecule has 0 aromatic heterocycles. The number of aliphatic carboxylic acids is 1. The molecular weight excluding hydrogens is 190 g/mol. The summed E-state index contributed by atoms with van der Waals surface area (Å²) in [4.78, 5) is 10.8. The van der Waals surface area contributed by atoms with Gasteiger partial charge in [0.1, 0.15) is 5.54 Å². The van der Waals surface area contributed by atoms with Crippen LogP contribution in [0, 0.1) is 5.92 Å². The lowest BCUT2D eigenvalue weighted by Gasteiger charge is -2.22.